The molecule has 2 aliphatic heterocycles. The van der Waals surface area contributed by atoms with Crippen LogP contribution in [0.2, 0.25) is 0 Å². The third-order valence-electron chi connectivity index (χ3n) is 3.56. The summed E-state index contributed by atoms with van der Waals surface area (Å²) in [6, 6.07) is 7.89. The molecule has 0 N–H and O–H groups in total. The van der Waals surface area contributed by atoms with Crippen LogP contribution in [0.25, 0.3) is 5.57 Å². The Labute approximate surface area is 129 Å². The van der Waals surface area contributed by atoms with Gasteiger partial charge in [-0.2, -0.15) is 0 Å². The van der Waals surface area contributed by atoms with Crippen molar-refractivity contribution in [2.24, 2.45) is 4.99 Å². The lowest BCUT2D eigenvalue weighted by molar-refractivity contribution is -0.0684. The van der Waals surface area contributed by atoms with E-state index in [1.807, 2.05) is 35.5 Å². The van der Waals surface area contributed by atoms with E-state index in [1.54, 1.807) is 13.3 Å². The zero-order valence-electron chi connectivity index (χ0n) is 11.9. The van der Waals surface area contributed by atoms with E-state index in [0.717, 1.165) is 30.0 Å². The minimum Gasteiger partial charge on any atom is -0.496 e. The summed E-state index contributed by atoms with van der Waals surface area (Å²) in [6.07, 6.45) is 3.82. The molecule has 21 heavy (non-hydrogen) atoms. The number of aliphatic imine (C=N–C) groups is 1. The van der Waals surface area contributed by atoms with E-state index in [0.29, 0.717) is 13.2 Å². The number of benzene rings is 1. The monoisotopic (exact) mass is 307 g/mol. The second-order valence-corrected chi connectivity index (χ2v) is 5.21. The van der Waals surface area contributed by atoms with Gasteiger partial charge in [0.15, 0.2) is 0 Å². The molecule has 2 aliphatic rings. The van der Waals surface area contributed by atoms with Gasteiger partial charge in [-0.15, -0.1) is 0 Å². The number of rotatable bonds is 3. The smallest absolute Gasteiger partial charge is 0.210 e. The lowest BCUT2D eigenvalue weighted by Crippen LogP contribution is -2.49. The van der Waals surface area contributed by atoms with Crippen LogP contribution in [0.5, 0.6) is 5.75 Å². The van der Waals surface area contributed by atoms with Crippen LogP contribution >= 0.6 is 11.6 Å². The van der Waals surface area contributed by atoms with Crippen molar-refractivity contribution in [3.63, 3.8) is 0 Å². The Kier molecular flexibility index (Phi) is 4.43. The standard InChI is InChI=1S/C15H18ClN3O2/c1-20-14-5-3-2-4-13(14)12-10-17-15(16)19(11-12)18-6-8-21-9-7-18/h2-5,10-11,15H,6-9H2,1H3. The van der Waals surface area contributed by atoms with Crippen molar-refractivity contribution in [3.8, 4) is 5.75 Å². The molecule has 1 fully saturated rings. The summed E-state index contributed by atoms with van der Waals surface area (Å²) < 4.78 is 10.8. The molecule has 0 amide bonds. The van der Waals surface area contributed by atoms with Crippen LogP contribution in [0.1, 0.15) is 5.56 Å². The molecular weight excluding hydrogens is 290 g/mol. The number of allylic oxidation sites excluding steroid dienone is 1. The van der Waals surface area contributed by atoms with Crippen LogP contribution in [0.15, 0.2) is 35.5 Å². The maximum Gasteiger partial charge on any atom is 0.210 e. The average molecular weight is 308 g/mol. The fraction of sp³-hybridized carbons (Fsp3) is 0.400. The molecule has 1 atom stereocenters. The molecule has 0 spiro atoms. The maximum absolute atomic E-state index is 6.31. The van der Waals surface area contributed by atoms with Gasteiger partial charge in [-0.3, -0.25) is 10.0 Å². The quantitative estimate of drug-likeness (QED) is 0.634. The summed E-state index contributed by atoms with van der Waals surface area (Å²) in [5.74, 6) is 0.824. The van der Waals surface area contributed by atoms with Gasteiger partial charge in [0.1, 0.15) is 5.75 Å². The van der Waals surface area contributed by atoms with Gasteiger partial charge in [-0.05, 0) is 6.07 Å². The maximum atomic E-state index is 6.31. The number of methoxy groups -OCH3 is 1. The third kappa shape index (κ3) is 3.05. The lowest BCUT2D eigenvalue weighted by atomic mass is 10.1. The van der Waals surface area contributed by atoms with E-state index in [-0.39, 0.29) is 0 Å². The molecule has 1 aromatic carbocycles. The van der Waals surface area contributed by atoms with Gasteiger partial charge in [0.2, 0.25) is 5.62 Å². The zero-order chi connectivity index (χ0) is 14.7. The van der Waals surface area contributed by atoms with E-state index >= 15 is 0 Å². The molecule has 0 aromatic heterocycles. The Hall–Kier alpha value is -1.56. The Morgan fingerprint density at radius 3 is 2.81 bits per heavy atom. The first-order valence-corrected chi connectivity index (χ1v) is 7.36. The van der Waals surface area contributed by atoms with Crippen molar-refractivity contribution in [3.05, 3.63) is 36.0 Å². The molecule has 0 bridgehead atoms. The van der Waals surface area contributed by atoms with Crippen molar-refractivity contribution in [2.45, 2.75) is 5.62 Å². The van der Waals surface area contributed by atoms with Crippen molar-refractivity contribution >= 4 is 23.4 Å². The average Bonchev–Trinajstić information content (AvgIpc) is 2.56. The van der Waals surface area contributed by atoms with E-state index in [9.17, 15) is 0 Å². The van der Waals surface area contributed by atoms with Gasteiger partial charge in [0.25, 0.3) is 0 Å². The predicted molar refractivity (Wildman–Crippen MR) is 83.3 cm³/mol. The van der Waals surface area contributed by atoms with Crippen molar-refractivity contribution < 1.29 is 9.47 Å². The van der Waals surface area contributed by atoms with Crippen LogP contribution in [0.4, 0.5) is 0 Å². The fourth-order valence-corrected chi connectivity index (χ4v) is 2.71. The van der Waals surface area contributed by atoms with Crippen LogP contribution in [-0.2, 0) is 4.74 Å². The van der Waals surface area contributed by atoms with Gasteiger partial charge in [0, 0.05) is 36.6 Å². The highest BCUT2D eigenvalue weighted by Crippen LogP contribution is 2.29. The van der Waals surface area contributed by atoms with Crippen LogP contribution in [0, 0.1) is 0 Å². The van der Waals surface area contributed by atoms with E-state index in [4.69, 9.17) is 21.1 Å². The lowest BCUT2D eigenvalue weighted by Gasteiger charge is -2.39. The number of halogens is 1. The highest BCUT2D eigenvalue weighted by molar-refractivity contribution is 6.22. The van der Waals surface area contributed by atoms with Crippen LogP contribution in [-0.4, -0.2) is 55.3 Å². The molecule has 0 radical (unpaired) electrons. The first-order chi connectivity index (χ1) is 10.3. The highest BCUT2D eigenvalue weighted by Gasteiger charge is 2.25. The highest BCUT2D eigenvalue weighted by atomic mass is 35.5. The molecule has 1 aromatic rings. The predicted octanol–water partition coefficient (Wildman–Crippen LogP) is 2.19. The van der Waals surface area contributed by atoms with Gasteiger partial charge >= 0.3 is 0 Å². The molecule has 6 heteroatoms. The zero-order valence-corrected chi connectivity index (χ0v) is 12.7. The summed E-state index contributed by atoms with van der Waals surface area (Å²) in [6.45, 7) is 3.05. The molecule has 1 saturated heterocycles. The Balaban J connectivity index is 1.89. The first-order valence-electron chi connectivity index (χ1n) is 6.93. The van der Waals surface area contributed by atoms with Crippen molar-refractivity contribution in [1.29, 1.82) is 0 Å². The summed E-state index contributed by atoms with van der Waals surface area (Å²) in [7, 11) is 1.67. The number of nitrogens with zero attached hydrogens (tertiary/aromatic N) is 3. The largest absolute Gasteiger partial charge is 0.496 e. The molecule has 2 heterocycles. The summed E-state index contributed by atoms with van der Waals surface area (Å²) >= 11 is 6.31. The first kappa shape index (κ1) is 14.4. The molecule has 0 aliphatic carbocycles. The van der Waals surface area contributed by atoms with Gasteiger partial charge in [-0.1, -0.05) is 29.8 Å². The van der Waals surface area contributed by atoms with E-state index in [1.165, 1.54) is 0 Å². The number of hydrazine groups is 1. The Bertz CT molecular complexity index is 556. The number of para-hydroxylation sites is 1. The molecular formula is C15H18ClN3O2. The number of ether oxygens (including phenoxy) is 2. The summed E-state index contributed by atoms with van der Waals surface area (Å²) in [5, 5.41) is 4.12. The Morgan fingerprint density at radius 1 is 1.29 bits per heavy atom. The molecule has 1 unspecified atom stereocenters. The van der Waals surface area contributed by atoms with E-state index in [2.05, 4.69) is 10.0 Å². The SMILES string of the molecule is COc1ccccc1C1=CN(N2CCOCC2)C(Cl)N=C1. The molecule has 112 valence electrons. The van der Waals surface area contributed by atoms with E-state index < -0.39 is 5.62 Å². The second-order valence-electron chi connectivity index (χ2n) is 4.82. The summed E-state index contributed by atoms with van der Waals surface area (Å²) in [5.41, 5.74) is 1.57. The minimum absolute atomic E-state index is 0.415. The Morgan fingerprint density at radius 2 is 2.05 bits per heavy atom. The second kappa shape index (κ2) is 6.47. The number of hydrogen-bond acceptors (Lipinski definition) is 5. The van der Waals surface area contributed by atoms with Gasteiger partial charge in [-0.25, -0.2) is 5.01 Å². The molecule has 5 nitrogen and oxygen atoms in total. The van der Waals surface area contributed by atoms with Crippen LogP contribution in [0.3, 0.4) is 0 Å². The number of hydrogen-bond donors (Lipinski definition) is 0. The van der Waals surface area contributed by atoms with Crippen molar-refractivity contribution in [1.82, 2.24) is 10.0 Å². The van der Waals surface area contributed by atoms with Crippen molar-refractivity contribution in [2.75, 3.05) is 33.4 Å². The number of alkyl halides is 1. The fourth-order valence-electron chi connectivity index (χ4n) is 2.47. The van der Waals surface area contributed by atoms with Gasteiger partial charge in [0.05, 0.1) is 20.3 Å². The van der Waals surface area contributed by atoms with Crippen LogP contribution < -0.4 is 4.74 Å². The minimum atomic E-state index is -0.415. The summed E-state index contributed by atoms with van der Waals surface area (Å²) in [4.78, 5) is 4.38. The topological polar surface area (TPSA) is 37.3 Å². The third-order valence-corrected chi connectivity index (χ3v) is 3.87. The van der Waals surface area contributed by atoms with Gasteiger partial charge < -0.3 is 9.47 Å². The number of morpholine rings is 1. The molecule has 0 saturated carbocycles. The normalized spacial score (nSPS) is 23.0. The molecule has 3 rings (SSSR count).